The zero-order valence-electron chi connectivity index (χ0n) is 9.79. The van der Waals surface area contributed by atoms with E-state index >= 15 is 0 Å². The Labute approximate surface area is 101 Å². The molecule has 0 bridgehead atoms. The number of anilines is 1. The average molecular weight is 271 g/mol. The largest absolute Gasteiger partial charge is 0.372 e. The van der Waals surface area contributed by atoms with Crippen LogP contribution >= 0.6 is 15.9 Å². The minimum atomic E-state index is 0.0674. The van der Waals surface area contributed by atoms with Gasteiger partial charge in [0.25, 0.3) is 0 Å². The number of rotatable bonds is 3. The van der Waals surface area contributed by atoms with Crippen molar-refractivity contribution < 1.29 is 0 Å². The molecule has 0 aliphatic heterocycles. The average Bonchev–Trinajstić information content (AvgIpc) is 2.15. The highest BCUT2D eigenvalue weighted by atomic mass is 79.9. The molecule has 1 aromatic rings. The quantitative estimate of drug-likeness (QED) is 0.913. The molecule has 0 amide bonds. The summed E-state index contributed by atoms with van der Waals surface area (Å²) in [4.78, 5) is 2.23. The molecule has 1 atom stereocenters. The number of nitrogens with two attached hydrogens (primary N) is 1. The number of nitrogens with zero attached hydrogens (tertiary/aromatic N) is 1. The van der Waals surface area contributed by atoms with Gasteiger partial charge < -0.3 is 10.6 Å². The van der Waals surface area contributed by atoms with Gasteiger partial charge in [-0.05, 0) is 38.5 Å². The van der Waals surface area contributed by atoms with Crippen molar-refractivity contribution in [1.29, 1.82) is 0 Å². The zero-order valence-corrected chi connectivity index (χ0v) is 11.4. The van der Waals surface area contributed by atoms with Crippen LogP contribution in [0.2, 0.25) is 0 Å². The predicted molar refractivity (Wildman–Crippen MR) is 70.3 cm³/mol. The summed E-state index contributed by atoms with van der Waals surface area (Å²) in [7, 11) is 2.10. The Morgan fingerprint density at radius 3 is 2.27 bits per heavy atom. The molecule has 0 spiro atoms. The minimum absolute atomic E-state index is 0.0674. The molecule has 1 rings (SSSR count). The maximum Gasteiger partial charge on any atom is 0.0377 e. The smallest absolute Gasteiger partial charge is 0.0377 e. The van der Waals surface area contributed by atoms with Gasteiger partial charge in [-0.2, -0.15) is 0 Å². The third-order valence-corrected chi connectivity index (χ3v) is 3.34. The summed E-state index contributed by atoms with van der Waals surface area (Å²) >= 11 is 3.56. The number of benzene rings is 1. The lowest BCUT2D eigenvalue weighted by molar-refractivity contribution is 0.752. The molecule has 0 saturated carbocycles. The molecule has 0 aliphatic carbocycles. The lowest BCUT2D eigenvalue weighted by Crippen LogP contribution is -2.25. The Morgan fingerprint density at radius 2 is 1.87 bits per heavy atom. The second-order valence-corrected chi connectivity index (χ2v) is 5.05. The fourth-order valence-electron chi connectivity index (χ4n) is 1.40. The van der Waals surface area contributed by atoms with Crippen molar-refractivity contribution in [2.45, 2.75) is 32.9 Å². The number of hydrogen-bond acceptors (Lipinski definition) is 2. The summed E-state index contributed by atoms with van der Waals surface area (Å²) in [5, 5.41) is 0. The molecule has 0 aliphatic rings. The van der Waals surface area contributed by atoms with E-state index in [2.05, 4.69) is 59.9 Å². The summed E-state index contributed by atoms with van der Waals surface area (Å²) in [5.41, 5.74) is 8.22. The Morgan fingerprint density at radius 1 is 1.27 bits per heavy atom. The van der Waals surface area contributed by atoms with Gasteiger partial charge in [0.15, 0.2) is 0 Å². The van der Waals surface area contributed by atoms with Gasteiger partial charge in [-0.3, -0.25) is 0 Å². The van der Waals surface area contributed by atoms with E-state index in [0.717, 1.165) is 10.0 Å². The van der Waals surface area contributed by atoms with Crippen molar-refractivity contribution in [2.24, 2.45) is 5.73 Å². The first kappa shape index (κ1) is 12.5. The Kier molecular flexibility index (Phi) is 4.17. The lowest BCUT2D eigenvalue weighted by Gasteiger charge is -2.24. The summed E-state index contributed by atoms with van der Waals surface area (Å²) in [6.07, 6.45) is 0. The van der Waals surface area contributed by atoms with Crippen LogP contribution in [0.15, 0.2) is 22.7 Å². The predicted octanol–water partition coefficient (Wildman–Crippen LogP) is 3.31. The van der Waals surface area contributed by atoms with E-state index in [1.807, 2.05) is 6.92 Å². The summed E-state index contributed by atoms with van der Waals surface area (Å²) in [6, 6.07) is 6.89. The van der Waals surface area contributed by atoms with E-state index in [1.54, 1.807) is 0 Å². The Hall–Kier alpha value is -0.540. The molecule has 1 aromatic carbocycles. The fourth-order valence-corrected chi connectivity index (χ4v) is 2.13. The maximum atomic E-state index is 5.86. The normalized spacial score (nSPS) is 13.0. The third kappa shape index (κ3) is 2.95. The van der Waals surface area contributed by atoms with Crippen molar-refractivity contribution in [3.8, 4) is 0 Å². The number of halogens is 1. The molecule has 0 aromatic heterocycles. The van der Waals surface area contributed by atoms with Gasteiger partial charge in [0.05, 0.1) is 0 Å². The summed E-state index contributed by atoms with van der Waals surface area (Å²) < 4.78 is 1.09. The van der Waals surface area contributed by atoms with Gasteiger partial charge in [-0.25, -0.2) is 0 Å². The third-order valence-electron chi connectivity index (χ3n) is 2.66. The van der Waals surface area contributed by atoms with E-state index < -0.39 is 0 Å². The first-order chi connectivity index (χ1) is 6.93. The van der Waals surface area contributed by atoms with Gasteiger partial charge >= 0.3 is 0 Å². The van der Waals surface area contributed by atoms with E-state index in [9.17, 15) is 0 Å². The van der Waals surface area contributed by atoms with Gasteiger partial charge in [0.1, 0.15) is 0 Å². The first-order valence-corrected chi connectivity index (χ1v) is 6.00. The van der Waals surface area contributed by atoms with Crippen molar-refractivity contribution in [3.05, 3.63) is 28.2 Å². The van der Waals surface area contributed by atoms with Crippen LogP contribution in [-0.2, 0) is 0 Å². The van der Waals surface area contributed by atoms with Crippen molar-refractivity contribution in [2.75, 3.05) is 11.9 Å². The molecule has 0 radical (unpaired) electrons. The molecule has 2 N–H and O–H groups in total. The van der Waals surface area contributed by atoms with Crippen LogP contribution in [0.4, 0.5) is 5.69 Å². The topological polar surface area (TPSA) is 29.3 Å². The molecule has 15 heavy (non-hydrogen) atoms. The Balaban J connectivity index is 3.01. The molecule has 0 unspecified atom stereocenters. The SMILES string of the molecule is CC(C)N(C)c1ccc([C@H](C)N)c(Br)c1. The van der Waals surface area contributed by atoms with Gasteiger partial charge in [-0.1, -0.05) is 22.0 Å². The lowest BCUT2D eigenvalue weighted by atomic mass is 10.1. The Bertz CT molecular complexity index is 334. The van der Waals surface area contributed by atoms with Crippen LogP contribution in [0.3, 0.4) is 0 Å². The fraction of sp³-hybridized carbons (Fsp3) is 0.500. The minimum Gasteiger partial charge on any atom is -0.372 e. The van der Waals surface area contributed by atoms with E-state index in [-0.39, 0.29) is 6.04 Å². The molecule has 2 nitrogen and oxygen atoms in total. The summed E-state index contributed by atoms with van der Waals surface area (Å²) in [6.45, 7) is 6.34. The molecule has 3 heteroatoms. The highest BCUT2D eigenvalue weighted by Gasteiger charge is 2.09. The zero-order chi connectivity index (χ0) is 11.6. The van der Waals surface area contributed by atoms with Crippen molar-refractivity contribution in [3.63, 3.8) is 0 Å². The second-order valence-electron chi connectivity index (χ2n) is 4.20. The van der Waals surface area contributed by atoms with E-state index in [1.165, 1.54) is 5.69 Å². The van der Waals surface area contributed by atoms with Crippen LogP contribution in [0.1, 0.15) is 32.4 Å². The van der Waals surface area contributed by atoms with Gasteiger partial charge in [-0.15, -0.1) is 0 Å². The highest BCUT2D eigenvalue weighted by Crippen LogP contribution is 2.27. The van der Waals surface area contributed by atoms with E-state index in [4.69, 9.17) is 5.73 Å². The van der Waals surface area contributed by atoms with Gasteiger partial charge in [0.2, 0.25) is 0 Å². The first-order valence-electron chi connectivity index (χ1n) is 5.21. The van der Waals surface area contributed by atoms with Crippen LogP contribution in [0, 0.1) is 0 Å². The standard InChI is InChI=1S/C12H19BrN2/c1-8(2)15(4)10-5-6-11(9(3)14)12(13)7-10/h5-9H,14H2,1-4H3/t9-/m0/s1. The molecule has 84 valence electrons. The maximum absolute atomic E-state index is 5.86. The molecule has 0 fully saturated rings. The molecule has 0 heterocycles. The van der Waals surface area contributed by atoms with Gasteiger partial charge in [0, 0.05) is 29.3 Å². The molecule has 0 saturated heterocycles. The van der Waals surface area contributed by atoms with Crippen LogP contribution in [-0.4, -0.2) is 13.1 Å². The molecular weight excluding hydrogens is 252 g/mol. The monoisotopic (exact) mass is 270 g/mol. The summed E-state index contributed by atoms with van der Waals surface area (Å²) in [5.74, 6) is 0. The van der Waals surface area contributed by atoms with E-state index in [0.29, 0.717) is 6.04 Å². The van der Waals surface area contributed by atoms with Crippen LogP contribution in [0.25, 0.3) is 0 Å². The number of hydrogen-bond donors (Lipinski definition) is 1. The molecular formula is C12H19BrN2. The van der Waals surface area contributed by atoms with Crippen molar-refractivity contribution >= 4 is 21.6 Å². The van der Waals surface area contributed by atoms with Crippen molar-refractivity contribution in [1.82, 2.24) is 0 Å². The van der Waals surface area contributed by atoms with Crippen LogP contribution in [0.5, 0.6) is 0 Å². The second kappa shape index (κ2) is 4.99. The van der Waals surface area contributed by atoms with Crippen LogP contribution < -0.4 is 10.6 Å². The highest BCUT2D eigenvalue weighted by molar-refractivity contribution is 9.10.